The predicted molar refractivity (Wildman–Crippen MR) is 195 cm³/mol. The summed E-state index contributed by atoms with van der Waals surface area (Å²) in [5, 5.41) is 0. The summed E-state index contributed by atoms with van der Waals surface area (Å²) in [5.74, 6) is -1.70. The third-order valence-corrected chi connectivity index (χ3v) is 8.34. The summed E-state index contributed by atoms with van der Waals surface area (Å²) in [7, 11) is 0. The molecule has 0 saturated heterocycles. The number of allylic oxidation sites excluding steroid dienone is 4. The first kappa shape index (κ1) is 45.2. The van der Waals surface area contributed by atoms with Gasteiger partial charge in [0.05, 0.1) is 0 Å². The molecule has 0 rings (SSSR count). The molecule has 0 heterocycles. The molecular formula is C40H78O6. The van der Waals surface area contributed by atoms with Gasteiger partial charge in [-0.1, -0.05) is 108 Å². The SMILES string of the molecule is CCCCC=CC=C(CCCCCCCCCC(OCC)(OCC)OCC)CCCCCCCCCC(OCC)(OCC)OCC. The first-order valence-corrected chi connectivity index (χ1v) is 19.7. The Labute approximate surface area is 286 Å². The summed E-state index contributed by atoms with van der Waals surface area (Å²) in [6, 6.07) is 0. The van der Waals surface area contributed by atoms with Crippen LogP contribution < -0.4 is 0 Å². The molecule has 0 N–H and O–H groups in total. The Morgan fingerprint density at radius 1 is 0.413 bits per heavy atom. The van der Waals surface area contributed by atoms with Crippen LogP contribution in [0.3, 0.4) is 0 Å². The molecule has 0 saturated carbocycles. The highest BCUT2D eigenvalue weighted by atomic mass is 16.9. The van der Waals surface area contributed by atoms with Crippen LogP contribution in [0.25, 0.3) is 0 Å². The molecule has 0 bridgehead atoms. The molecule has 0 aliphatic heterocycles. The fraction of sp³-hybridized carbons (Fsp3) is 0.900. The fourth-order valence-electron chi connectivity index (χ4n) is 6.07. The van der Waals surface area contributed by atoms with Gasteiger partial charge < -0.3 is 28.4 Å². The van der Waals surface area contributed by atoms with Crippen molar-refractivity contribution >= 4 is 0 Å². The zero-order chi connectivity index (χ0) is 34.0. The Bertz CT molecular complexity index is 611. The number of hydrogen-bond donors (Lipinski definition) is 0. The van der Waals surface area contributed by atoms with Crippen LogP contribution in [0, 0.1) is 0 Å². The van der Waals surface area contributed by atoms with Crippen LogP contribution in [0.1, 0.15) is 183 Å². The maximum absolute atomic E-state index is 5.87. The molecule has 46 heavy (non-hydrogen) atoms. The smallest absolute Gasteiger partial charge is 0.282 e. The lowest BCUT2D eigenvalue weighted by atomic mass is 9.98. The van der Waals surface area contributed by atoms with Gasteiger partial charge in [0.15, 0.2) is 0 Å². The van der Waals surface area contributed by atoms with E-state index in [1.54, 1.807) is 5.57 Å². The lowest BCUT2D eigenvalue weighted by Gasteiger charge is -2.32. The fourth-order valence-corrected chi connectivity index (χ4v) is 6.07. The van der Waals surface area contributed by atoms with E-state index >= 15 is 0 Å². The largest absolute Gasteiger partial charge is 0.328 e. The zero-order valence-electron chi connectivity index (χ0n) is 31.8. The highest BCUT2D eigenvalue weighted by Gasteiger charge is 2.32. The molecule has 6 nitrogen and oxygen atoms in total. The summed E-state index contributed by atoms with van der Waals surface area (Å²) in [6.45, 7) is 17.9. The van der Waals surface area contributed by atoms with Gasteiger partial charge >= 0.3 is 0 Å². The van der Waals surface area contributed by atoms with E-state index in [0.717, 1.165) is 25.7 Å². The summed E-state index contributed by atoms with van der Waals surface area (Å²) in [6.07, 6.45) is 32.6. The van der Waals surface area contributed by atoms with Gasteiger partial charge in [0, 0.05) is 52.5 Å². The van der Waals surface area contributed by atoms with Gasteiger partial charge in [-0.2, -0.15) is 0 Å². The quantitative estimate of drug-likeness (QED) is 0.0381. The maximum Gasteiger partial charge on any atom is 0.282 e. The molecule has 0 amide bonds. The van der Waals surface area contributed by atoms with Crippen LogP contribution in [0.15, 0.2) is 23.8 Å². The summed E-state index contributed by atoms with van der Waals surface area (Å²) < 4.78 is 35.2. The minimum Gasteiger partial charge on any atom is -0.328 e. The molecule has 0 radical (unpaired) electrons. The minimum absolute atomic E-state index is 0.604. The van der Waals surface area contributed by atoms with E-state index in [2.05, 4.69) is 25.2 Å². The van der Waals surface area contributed by atoms with Crippen molar-refractivity contribution in [2.45, 2.75) is 195 Å². The lowest BCUT2D eigenvalue weighted by molar-refractivity contribution is -0.380. The van der Waals surface area contributed by atoms with Crippen molar-refractivity contribution in [2.75, 3.05) is 39.6 Å². The highest BCUT2D eigenvalue weighted by molar-refractivity contribution is 5.12. The van der Waals surface area contributed by atoms with E-state index in [1.807, 2.05) is 41.5 Å². The van der Waals surface area contributed by atoms with Crippen molar-refractivity contribution in [3.8, 4) is 0 Å². The minimum atomic E-state index is -0.850. The van der Waals surface area contributed by atoms with Crippen molar-refractivity contribution in [1.29, 1.82) is 0 Å². The summed E-state index contributed by atoms with van der Waals surface area (Å²) in [4.78, 5) is 0. The average molecular weight is 655 g/mol. The van der Waals surface area contributed by atoms with Crippen LogP contribution in [-0.2, 0) is 28.4 Å². The topological polar surface area (TPSA) is 55.4 Å². The van der Waals surface area contributed by atoms with Gasteiger partial charge in [-0.25, -0.2) is 0 Å². The van der Waals surface area contributed by atoms with E-state index in [4.69, 9.17) is 28.4 Å². The molecule has 0 aliphatic rings. The molecular weight excluding hydrogens is 576 g/mol. The second-order valence-corrected chi connectivity index (χ2v) is 12.3. The van der Waals surface area contributed by atoms with Gasteiger partial charge in [-0.15, -0.1) is 0 Å². The highest BCUT2D eigenvalue weighted by Crippen LogP contribution is 2.26. The second kappa shape index (κ2) is 32.8. The van der Waals surface area contributed by atoms with Crippen molar-refractivity contribution in [1.82, 2.24) is 0 Å². The van der Waals surface area contributed by atoms with Crippen LogP contribution in [-0.4, -0.2) is 51.6 Å². The number of ether oxygens (including phenoxy) is 6. The lowest BCUT2D eigenvalue weighted by Crippen LogP contribution is -2.39. The van der Waals surface area contributed by atoms with Crippen molar-refractivity contribution in [2.24, 2.45) is 0 Å². The van der Waals surface area contributed by atoms with Gasteiger partial charge in [0.2, 0.25) is 0 Å². The van der Waals surface area contributed by atoms with Crippen molar-refractivity contribution in [3.63, 3.8) is 0 Å². The number of hydrogen-bond acceptors (Lipinski definition) is 6. The standard InChI is InChI=1S/C40H78O6/c1-8-15-16-23-28-33-38(34-29-24-19-17-21-26-31-36-39(41-9-2,42-10-3)43-11-4)35-30-25-20-18-22-27-32-37-40(44-12-5,45-13-6)46-14-7/h23,28,33H,8-22,24-27,29-32,34-37H2,1-7H3. The third-order valence-electron chi connectivity index (χ3n) is 8.34. The van der Waals surface area contributed by atoms with E-state index in [0.29, 0.717) is 39.6 Å². The Kier molecular flexibility index (Phi) is 32.2. The van der Waals surface area contributed by atoms with E-state index in [1.165, 1.54) is 109 Å². The summed E-state index contributed by atoms with van der Waals surface area (Å²) in [5.41, 5.74) is 1.64. The molecule has 0 atom stereocenters. The average Bonchev–Trinajstić information content (AvgIpc) is 3.03. The molecule has 6 heteroatoms. The normalized spacial score (nSPS) is 12.4. The van der Waals surface area contributed by atoms with Gasteiger partial charge in [0.25, 0.3) is 11.9 Å². The molecule has 0 aromatic heterocycles. The van der Waals surface area contributed by atoms with E-state index < -0.39 is 11.9 Å². The molecule has 0 aromatic carbocycles. The third kappa shape index (κ3) is 24.4. The molecule has 0 aromatic rings. The zero-order valence-corrected chi connectivity index (χ0v) is 31.8. The van der Waals surface area contributed by atoms with E-state index in [-0.39, 0.29) is 0 Å². The van der Waals surface area contributed by atoms with Gasteiger partial charge in [0.1, 0.15) is 0 Å². The molecule has 0 fully saturated rings. The first-order chi connectivity index (χ1) is 22.5. The molecule has 0 unspecified atom stereocenters. The molecule has 274 valence electrons. The molecule has 0 aliphatic carbocycles. The Balaban J connectivity index is 4.32. The predicted octanol–water partition coefficient (Wildman–Crippen LogP) is 12.2. The van der Waals surface area contributed by atoms with Crippen molar-refractivity contribution in [3.05, 3.63) is 23.8 Å². The number of rotatable bonds is 36. The van der Waals surface area contributed by atoms with Crippen LogP contribution in [0.4, 0.5) is 0 Å². The Morgan fingerprint density at radius 2 is 0.739 bits per heavy atom. The molecule has 0 spiro atoms. The first-order valence-electron chi connectivity index (χ1n) is 19.7. The Morgan fingerprint density at radius 3 is 1.07 bits per heavy atom. The van der Waals surface area contributed by atoms with Crippen LogP contribution in [0.2, 0.25) is 0 Å². The van der Waals surface area contributed by atoms with E-state index in [9.17, 15) is 0 Å². The van der Waals surface area contributed by atoms with Crippen LogP contribution in [0.5, 0.6) is 0 Å². The monoisotopic (exact) mass is 655 g/mol. The number of unbranched alkanes of at least 4 members (excludes halogenated alkanes) is 14. The van der Waals surface area contributed by atoms with Crippen molar-refractivity contribution < 1.29 is 28.4 Å². The van der Waals surface area contributed by atoms with Gasteiger partial charge in [-0.3, -0.25) is 0 Å². The Hall–Kier alpha value is -0.760. The van der Waals surface area contributed by atoms with Crippen LogP contribution >= 0.6 is 0 Å². The van der Waals surface area contributed by atoms with Gasteiger partial charge in [-0.05, 0) is 86.5 Å². The summed E-state index contributed by atoms with van der Waals surface area (Å²) >= 11 is 0. The maximum atomic E-state index is 5.87. The second-order valence-electron chi connectivity index (χ2n) is 12.3.